The Morgan fingerprint density at radius 3 is 2.83 bits per heavy atom. The van der Waals surface area contributed by atoms with Crippen molar-refractivity contribution in [2.45, 2.75) is 6.92 Å². The number of rotatable bonds is 3. The van der Waals surface area contributed by atoms with E-state index in [0.29, 0.717) is 5.88 Å². The van der Waals surface area contributed by atoms with Gasteiger partial charge in [-0.3, -0.25) is 4.68 Å². The van der Waals surface area contributed by atoms with Gasteiger partial charge < -0.3 is 9.30 Å². The molecule has 1 aromatic carbocycles. The molecular weight excluding hydrogens is 288 g/mol. The lowest BCUT2D eigenvalue weighted by atomic mass is 10.2. The van der Waals surface area contributed by atoms with Crippen molar-refractivity contribution < 1.29 is 4.74 Å². The van der Waals surface area contributed by atoms with Crippen LogP contribution in [0.4, 0.5) is 0 Å². The normalized spacial score (nSPS) is 11.0. The Morgan fingerprint density at radius 2 is 2.04 bits per heavy atom. The first-order chi connectivity index (χ1) is 11.2. The summed E-state index contributed by atoms with van der Waals surface area (Å²) in [4.78, 5) is 4.27. The number of ether oxygens (including phenoxy) is 1. The highest BCUT2D eigenvalue weighted by Gasteiger charge is 2.10. The Kier molecular flexibility index (Phi) is 3.12. The lowest BCUT2D eigenvalue weighted by Crippen LogP contribution is -1.91. The van der Waals surface area contributed by atoms with Gasteiger partial charge in [0.05, 0.1) is 17.4 Å². The highest BCUT2D eigenvalue weighted by molar-refractivity contribution is 5.88. The number of aromatic nitrogens is 4. The van der Waals surface area contributed by atoms with Crippen molar-refractivity contribution in [1.29, 1.82) is 0 Å². The molecule has 0 unspecified atom stereocenters. The molecule has 114 valence electrons. The number of nitrogens with zero attached hydrogens (tertiary/aromatic N) is 4. The fourth-order valence-electron chi connectivity index (χ4n) is 2.66. The minimum atomic E-state index is 0.603. The van der Waals surface area contributed by atoms with Crippen LogP contribution in [0.2, 0.25) is 0 Å². The zero-order chi connectivity index (χ0) is 15.8. The van der Waals surface area contributed by atoms with Gasteiger partial charge in [-0.1, -0.05) is 6.07 Å². The highest BCUT2D eigenvalue weighted by Crippen LogP contribution is 2.31. The van der Waals surface area contributed by atoms with E-state index in [2.05, 4.69) is 20.7 Å². The molecule has 0 amide bonds. The lowest BCUT2D eigenvalue weighted by molar-refractivity contribution is 0.468. The smallest absolute Gasteiger partial charge is 0.219 e. The monoisotopic (exact) mass is 304 g/mol. The van der Waals surface area contributed by atoms with Crippen LogP contribution >= 0.6 is 0 Å². The predicted octanol–water partition coefficient (Wildman–Crippen LogP) is 3.86. The molecule has 0 atom stereocenters. The van der Waals surface area contributed by atoms with Crippen LogP contribution in [-0.4, -0.2) is 19.3 Å². The Balaban J connectivity index is 1.78. The van der Waals surface area contributed by atoms with Gasteiger partial charge in [-0.25, -0.2) is 4.98 Å². The molecule has 0 N–H and O–H groups in total. The minimum Gasteiger partial charge on any atom is -0.438 e. The summed E-state index contributed by atoms with van der Waals surface area (Å²) in [6.07, 6.45) is 7.61. The van der Waals surface area contributed by atoms with E-state index in [1.54, 1.807) is 10.9 Å². The number of hydrogen-bond donors (Lipinski definition) is 0. The van der Waals surface area contributed by atoms with Crippen LogP contribution in [0.3, 0.4) is 0 Å². The second kappa shape index (κ2) is 5.28. The zero-order valence-corrected chi connectivity index (χ0v) is 13.0. The van der Waals surface area contributed by atoms with E-state index in [1.165, 1.54) is 0 Å². The quantitative estimate of drug-likeness (QED) is 0.577. The summed E-state index contributed by atoms with van der Waals surface area (Å²) in [5.41, 5.74) is 3.21. The van der Waals surface area contributed by atoms with Gasteiger partial charge >= 0.3 is 0 Å². The van der Waals surface area contributed by atoms with Crippen molar-refractivity contribution in [2.75, 3.05) is 0 Å². The summed E-state index contributed by atoms with van der Waals surface area (Å²) in [7, 11) is 1.91. The summed E-state index contributed by atoms with van der Waals surface area (Å²) >= 11 is 0. The molecule has 23 heavy (non-hydrogen) atoms. The van der Waals surface area contributed by atoms with Crippen LogP contribution in [-0.2, 0) is 7.05 Å². The molecule has 0 saturated carbocycles. The summed E-state index contributed by atoms with van der Waals surface area (Å²) in [6.45, 7) is 2.02. The number of benzene rings is 1. The van der Waals surface area contributed by atoms with Gasteiger partial charge in [0, 0.05) is 37.1 Å². The van der Waals surface area contributed by atoms with Gasteiger partial charge in [0.25, 0.3) is 0 Å². The van der Waals surface area contributed by atoms with Crippen LogP contribution in [0.5, 0.6) is 11.6 Å². The second-order valence-corrected chi connectivity index (χ2v) is 5.52. The first kappa shape index (κ1) is 13.6. The van der Waals surface area contributed by atoms with Crippen molar-refractivity contribution in [3.63, 3.8) is 0 Å². The largest absolute Gasteiger partial charge is 0.438 e. The van der Waals surface area contributed by atoms with Crippen molar-refractivity contribution >= 4 is 10.9 Å². The summed E-state index contributed by atoms with van der Waals surface area (Å²) in [5, 5.41) is 5.28. The first-order valence-corrected chi connectivity index (χ1v) is 7.40. The molecule has 0 bridgehead atoms. The van der Waals surface area contributed by atoms with E-state index in [9.17, 15) is 0 Å². The van der Waals surface area contributed by atoms with Gasteiger partial charge in [0.2, 0.25) is 5.88 Å². The van der Waals surface area contributed by atoms with Gasteiger partial charge in [0.1, 0.15) is 5.75 Å². The van der Waals surface area contributed by atoms with Crippen molar-refractivity contribution in [3.05, 3.63) is 66.7 Å². The lowest BCUT2D eigenvalue weighted by Gasteiger charge is -2.07. The zero-order valence-electron chi connectivity index (χ0n) is 13.0. The Morgan fingerprint density at radius 1 is 1.13 bits per heavy atom. The maximum atomic E-state index is 5.98. The molecular formula is C18H16N4O. The maximum Gasteiger partial charge on any atom is 0.219 e. The third-order valence-electron chi connectivity index (χ3n) is 3.77. The molecule has 3 heterocycles. The van der Waals surface area contributed by atoms with Crippen molar-refractivity contribution in [1.82, 2.24) is 19.3 Å². The fraction of sp³-hybridized carbons (Fsp3) is 0.111. The summed E-state index contributed by atoms with van der Waals surface area (Å²) in [5.74, 6) is 1.40. The average molecular weight is 304 g/mol. The minimum absolute atomic E-state index is 0.603. The van der Waals surface area contributed by atoms with Crippen LogP contribution in [0.25, 0.3) is 16.6 Å². The summed E-state index contributed by atoms with van der Waals surface area (Å²) < 4.78 is 9.87. The van der Waals surface area contributed by atoms with Crippen molar-refractivity contribution in [2.24, 2.45) is 7.05 Å². The molecule has 0 aliphatic carbocycles. The Labute approximate surface area is 133 Å². The molecule has 0 aliphatic heterocycles. The van der Waals surface area contributed by atoms with Crippen LogP contribution < -0.4 is 4.74 Å². The molecule has 0 aliphatic rings. The van der Waals surface area contributed by atoms with E-state index in [4.69, 9.17) is 4.74 Å². The molecule has 5 heteroatoms. The molecule has 4 rings (SSSR count). The molecule has 0 spiro atoms. The van der Waals surface area contributed by atoms with Crippen LogP contribution in [0, 0.1) is 6.92 Å². The van der Waals surface area contributed by atoms with Crippen LogP contribution in [0.15, 0.2) is 61.2 Å². The van der Waals surface area contributed by atoms with E-state index in [-0.39, 0.29) is 0 Å². The number of hydrogen-bond acceptors (Lipinski definition) is 3. The van der Waals surface area contributed by atoms with Crippen LogP contribution in [0.1, 0.15) is 5.56 Å². The predicted molar refractivity (Wildman–Crippen MR) is 89.1 cm³/mol. The fourth-order valence-corrected chi connectivity index (χ4v) is 2.66. The van der Waals surface area contributed by atoms with Crippen molar-refractivity contribution in [3.8, 4) is 17.3 Å². The van der Waals surface area contributed by atoms with E-state index in [0.717, 1.165) is 27.9 Å². The third kappa shape index (κ3) is 2.46. The van der Waals surface area contributed by atoms with Gasteiger partial charge in [0.15, 0.2) is 0 Å². The highest BCUT2D eigenvalue weighted by atomic mass is 16.5. The molecule has 3 aromatic heterocycles. The Bertz CT molecular complexity index is 984. The number of fused-ring (bicyclic) bond motifs is 1. The molecule has 0 fully saturated rings. The topological polar surface area (TPSA) is 44.9 Å². The third-order valence-corrected chi connectivity index (χ3v) is 3.77. The van der Waals surface area contributed by atoms with E-state index < -0.39 is 0 Å². The average Bonchev–Trinajstić information content (AvgIpc) is 3.14. The Hall–Kier alpha value is -3.08. The summed E-state index contributed by atoms with van der Waals surface area (Å²) in [6, 6.07) is 11.9. The van der Waals surface area contributed by atoms with Gasteiger partial charge in [-0.05, 0) is 36.8 Å². The number of pyridine rings is 1. The first-order valence-electron chi connectivity index (χ1n) is 7.40. The molecule has 0 radical (unpaired) electrons. The standard InChI is InChI=1S/C18H16N4O/c1-13-6-8-19-18(10-13)23-17-5-3-4-16-15(17)7-9-22(16)14-11-20-21(2)12-14/h3-12H,1-2H3. The maximum absolute atomic E-state index is 5.98. The second-order valence-electron chi connectivity index (χ2n) is 5.52. The molecule has 5 nitrogen and oxygen atoms in total. The molecule has 4 aromatic rings. The van der Waals surface area contributed by atoms with Gasteiger partial charge in [-0.2, -0.15) is 5.10 Å². The molecule has 0 saturated heterocycles. The SMILES string of the molecule is Cc1ccnc(Oc2cccc3c2ccn3-c2cnn(C)c2)c1. The van der Waals surface area contributed by atoms with E-state index >= 15 is 0 Å². The number of aryl methyl sites for hydroxylation is 2. The van der Waals surface area contributed by atoms with E-state index in [1.807, 2.05) is 62.9 Å². The van der Waals surface area contributed by atoms with Gasteiger partial charge in [-0.15, -0.1) is 0 Å².